The maximum Gasteiger partial charge on any atom is 0.339 e. The van der Waals surface area contributed by atoms with Gasteiger partial charge in [-0.1, -0.05) is 35.9 Å². The van der Waals surface area contributed by atoms with E-state index in [4.69, 9.17) is 40.4 Å². The van der Waals surface area contributed by atoms with E-state index in [-0.39, 0.29) is 25.5 Å². The average molecular weight is 734 g/mol. The third-order valence-electron chi connectivity index (χ3n) is 10.7. The number of allylic oxidation sites excluding steroid dienone is 4. The molecule has 1 N–H and O–H groups in total. The second-order valence-electron chi connectivity index (χ2n) is 14.1. The lowest BCUT2D eigenvalue weighted by Gasteiger charge is -2.17. The standard InChI is InChI=1S/C29H28ClNO6.C12H20O3/c1-17-24(14-27(32)37-28(33)16-36-15-21-12-18-3-4-20(21)11-18)25-13-23(35-2)9-10-26(25)31(17)29(34)19-5-7-22(30)8-6-19;13-3-4-14-5-6-15-9-12-8-10-1-2-11(12)7-10/h3-10,13,18,20-21H,11-12,14-16H2,1-2H3;1-2,10-13H,3-9H2. The van der Waals surface area contributed by atoms with E-state index in [2.05, 4.69) is 24.3 Å². The number of hydrogen-bond acceptors (Lipinski definition) is 9. The van der Waals surface area contributed by atoms with Crippen LogP contribution in [0.25, 0.3) is 10.9 Å². The minimum atomic E-state index is -0.722. The van der Waals surface area contributed by atoms with Gasteiger partial charge >= 0.3 is 11.9 Å². The van der Waals surface area contributed by atoms with Gasteiger partial charge in [-0.2, -0.15) is 0 Å². The molecule has 4 bridgehead atoms. The largest absolute Gasteiger partial charge is 0.497 e. The number of aliphatic hydroxyl groups is 1. The molecule has 0 amide bonds. The van der Waals surface area contributed by atoms with E-state index >= 15 is 0 Å². The Morgan fingerprint density at radius 2 is 1.46 bits per heavy atom. The fourth-order valence-electron chi connectivity index (χ4n) is 8.12. The molecule has 278 valence electrons. The molecule has 0 radical (unpaired) electrons. The van der Waals surface area contributed by atoms with Crippen molar-refractivity contribution >= 4 is 40.3 Å². The molecule has 1 aromatic heterocycles. The molecule has 2 aromatic carbocycles. The predicted octanol–water partition coefficient (Wildman–Crippen LogP) is 6.37. The number of benzene rings is 2. The van der Waals surface area contributed by atoms with E-state index < -0.39 is 11.9 Å². The molecule has 4 aliphatic rings. The van der Waals surface area contributed by atoms with Crippen LogP contribution in [0.1, 0.15) is 47.3 Å². The second-order valence-corrected chi connectivity index (χ2v) is 14.6. The lowest BCUT2D eigenvalue weighted by molar-refractivity contribution is -0.162. The predicted molar refractivity (Wildman–Crippen MR) is 196 cm³/mol. The summed E-state index contributed by atoms with van der Waals surface area (Å²) in [6.07, 6.45) is 13.9. The first kappa shape index (κ1) is 37.9. The van der Waals surface area contributed by atoms with Gasteiger partial charge in [-0.3, -0.25) is 14.2 Å². The number of ether oxygens (including phenoxy) is 5. The third-order valence-corrected chi connectivity index (χ3v) is 11.0. The highest BCUT2D eigenvalue weighted by molar-refractivity contribution is 6.30. The van der Waals surface area contributed by atoms with Gasteiger partial charge in [0, 0.05) is 21.7 Å². The van der Waals surface area contributed by atoms with Gasteiger partial charge in [0.15, 0.2) is 0 Å². The van der Waals surface area contributed by atoms with Crippen molar-refractivity contribution in [3.63, 3.8) is 0 Å². The molecule has 0 aliphatic heterocycles. The van der Waals surface area contributed by atoms with Crippen LogP contribution in [0, 0.1) is 42.4 Å². The molecule has 6 unspecified atom stereocenters. The topological polar surface area (TPSA) is 123 Å². The number of aromatic nitrogens is 1. The molecular weight excluding hydrogens is 686 g/mol. The maximum absolute atomic E-state index is 13.4. The summed E-state index contributed by atoms with van der Waals surface area (Å²) >= 11 is 5.98. The molecule has 11 heteroatoms. The maximum atomic E-state index is 13.4. The Hall–Kier alpha value is -3.80. The average Bonchev–Trinajstić information content (AvgIpc) is 3.99. The van der Waals surface area contributed by atoms with Crippen molar-refractivity contribution in [2.24, 2.45) is 35.5 Å². The van der Waals surface area contributed by atoms with E-state index in [1.807, 2.05) is 0 Å². The minimum Gasteiger partial charge on any atom is -0.497 e. The van der Waals surface area contributed by atoms with Crippen molar-refractivity contribution in [3.05, 3.63) is 88.6 Å². The zero-order valence-electron chi connectivity index (χ0n) is 29.8. The highest BCUT2D eigenvalue weighted by Gasteiger charge is 2.36. The van der Waals surface area contributed by atoms with E-state index in [0.717, 1.165) is 37.2 Å². The number of methoxy groups -OCH3 is 1. The van der Waals surface area contributed by atoms with Crippen LogP contribution in [0.15, 0.2) is 66.8 Å². The second kappa shape index (κ2) is 17.8. The van der Waals surface area contributed by atoms with Gasteiger partial charge in [-0.25, -0.2) is 4.79 Å². The Bertz CT molecular complexity index is 1780. The van der Waals surface area contributed by atoms with Crippen LogP contribution < -0.4 is 4.74 Å². The summed E-state index contributed by atoms with van der Waals surface area (Å²) in [6, 6.07) is 11.9. The molecule has 4 aliphatic carbocycles. The zero-order chi connectivity index (χ0) is 36.6. The van der Waals surface area contributed by atoms with Crippen LogP contribution in [-0.4, -0.2) is 80.9 Å². The summed E-state index contributed by atoms with van der Waals surface area (Å²) in [5.74, 6) is 2.79. The molecule has 2 fully saturated rings. The van der Waals surface area contributed by atoms with E-state index in [9.17, 15) is 14.4 Å². The number of esters is 2. The summed E-state index contributed by atoms with van der Waals surface area (Å²) in [5.41, 5.74) is 2.24. The molecular formula is C41H48ClNO9. The van der Waals surface area contributed by atoms with Crippen molar-refractivity contribution in [2.45, 2.75) is 39.0 Å². The van der Waals surface area contributed by atoms with Crippen LogP contribution in [-0.2, 0) is 35.0 Å². The fraction of sp³-hybridized carbons (Fsp3) is 0.488. The number of fused-ring (bicyclic) bond motifs is 5. The summed E-state index contributed by atoms with van der Waals surface area (Å²) in [5, 5.41) is 9.69. The molecule has 0 spiro atoms. The van der Waals surface area contributed by atoms with Gasteiger partial charge in [-0.05, 0) is 116 Å². The van der Waals surface area contributed by atoms with Crippen molar-refractivity contribution in [2.75, 3.05) is 53.4 Å². The fourth-order valence-corrected chi connectivity index (χ4v) is 8.24. The molecule has 10 nitrogen and oxygen atoms in total. The minimum absolute atomic E-state index is 0.0944. The number of carbonyl (C=O) groups excluding carboxylic acids is 3. The number of rotatable bonds is 15. The van der Waals surface area contributed by atoms with Crippen molar-refractivity contribution in [1.82, 2.24) is 4.57 Å². The van der Waals surface area contributed by atoms with Crippen LogP contribution in [0.3, 0.4) is 0 Å². The summed E-state index contributed by atoms with van der Waals surface area (Å²) in [7, 11) is 1.55. The highest BCUT2D eigenvalue weighted by Crippen LogP contribution is 2.44. The Kier molecular flexibility index (Phi) is 13.0. The zero-order valence-corrected chi connectivity index (χ0v) is 30.6. The van der Waals surface area contributed by atoms with Gasteiger partial charge < -0.3 is 28.8 Å². The SMILES string of the molecule is COc1ccc2c(c1)c(CC(=O)OC(=O)COCC1CC3C=CC1C3)c(C)n2C(=O)c1ccc(Cl)cc1.OCCOCCOCC1CC2C=CC1C2. The number of aliphatic hydroxyl groups excluding tert-OH is 1. The molecule has 3 aromatic rings. The van der Waals surface area contributed by atoms with Crippen molar-refractivity contribution in [1.29, 1.82) is 0 Å². The molecule has 52 heavy (non-hydrogen) atoms. The van der Waals surface area contributed by atoms with Gasteiger partial charge in [0.2, 0.25) is 0 Å². The molecule has 0 saturated heterocycles. The first-order valence-corrected chi connectivity index (χ1v) is 18.5. The lowest BCUT2D eigenvalue weighted by Crippen LogP contribution is -2.22. The van der Waals surface area contributed by atoms with Gasteiger partial charge in [0.25, 0.3) is 5.91 Å². The summed E-state index contributed by atoms with van der Waals surface area (Å²) in [4.78, 5) is 38.4. The first-order chi connectivity index (χ1) is 25.2. The van der Waals surface area contributed by atoms with Crippen LogP contribution >= 0.6 is 11.6 Å². The Balaban J connectivity index is 0.000000258. The first-order valence-electron chi connectivity index (χ1n) is 18.2. The quantitative estimate of drug-likeness (QED) is 0.0823. The molecule has 1 heterocycles. The number of carbonyl (C=O) groups is 3. The van der Waals surface area contributed by atoms with Crippen molar-refractivity contribution < 1.29 is 43.2 Å². The molecule has 7 rings (SSSR count). The Morgan fingerprint density at radius 1 is 0.808 bits per heavy atom. The number of halogens is 1. The Labute approximate surface area is 309 Å². The number of nitrogens with zero attached hydrogens (tertiary/aromatic N) is 1. The number of hydrogen-bond donors (Lipinski definition) is 1. The van der Waals surface area contributed by atoms with Crippen LogP contribution in [0.4, 0.5) is 0 Å². The smallest absolute Gasteiger partial charge is 0.339 e. The van der Waals surface area contributed by atoms with Crippen LogP contribution in [0.5, 0.6) is 5.75 Å². The highest BCUT2D eigenvalue weighted by atomic mass is 35.5. The van der Waals surface area contributed by atoms with Crippen LogP contribution in [0.2, 0.25) is 5.02 Å². The molecule has 2 saturated carbocycles. The summed E-state index contributed by atoms with van der Waals surface area (Å²) in [6.45, 7) is 4.60. The third kappa shape index (κ3) is 9.22. The van der Waals surface area contributed by atoms with Gasteiger partial charge in [-0.15, -0.1) is 0 Å². The van der Waals surface area contributed by atoms with E-state index in [0.29, 0.717) is 82.7 Å². The normalized spacial score (nSPS) is 23.6. The van der Waals surface area contributed by atoms with E-state index in [1.165, 1.54) is 12.8 Å². The Morgan fingerprint density at radius 3 is 2.06 bits per heavy atom. The summed E-state index contributed by atoms with van der Waals surface area (Å²) < 4.78 is 28.2. The molecule has 6 atom stereocenters. The van der Waals surface area contributed by atoms with E-state index in [1.54, 1.807) is 61.1 Å². The lowest BCUT2D eigenvalue weighted by atomic mass is 9.95. The van der Waals surface area contributed by atoms with Gasteiger partial charge in [0.1, 0.15) is 12.4 Å². The van der Waals surface area contributed by atoms with Crippen molar-refractivity contribution in [3.8, 4) is 5.75 Å². The monoisotopic (exact) mass is 733 g/mol. The van der Waals surface area contributed by atoms with Gasteiger partial charge in [0.05, 0.1) is 58.7 Å².